The summed E-state index contributed by atoms with van der Waals surface area (Å²) in [6.07, 6.45) is 3.13. The van der Waals surface area contributed by atoms with Gasteiger partial charge < -0.3 is 4.90 Å². The van der Waals surface area contributed by atoms with Crippen molar-refractivity contribution in [2.45, 2.75) is 12.8 Å². The molecule has 0 atom stereocenters. The van der Waals surface area contributed by atoms with Crippen LogP contribution < -0.4 is 4.90 Å². The summed E-state index contributed by atoms with van der Waals surface area (Å²) in [6, 6.07) is 1.98. The molecule has 70 valence electrons. The maximum Gasteiger partial charge on any atom is 0.136 e. The summed E-state index contributed by atoms with van der Waals surface area (Å²) in [4.78, 5) is 13.2. The Labute approximate surface area is 77.1 Å². The maximum absolute atomic E-state index is 11.0. The first-order valence-corrected chi connectivity index (χ1v) is 4.52. The maximum atomic E-state index is 11.0. The van der Waals surface area contributed by atoms with Gasteiger partial charge in [-0.1, -0.05) is 0 Å². The smallest absolute Gasteiger partial charge is 0.136 e. The third kappa shape index (κ3) is 1.56. The number of rotatable bonds is 1. The van der Waals surface area contributed by atoms with Crippen LogP contribution in [0, 0.1) is 0 Å². The molecular weight excluding hydrogens is 166 g/mol. The number of carbonyl (C=O) groups is 1. The molecule has 4 heteroatoms. The Balaban J connectivity index is 2.10. The monoisotopic (exact) mass is 179 g/mol. The molecule has 0 spiro atoms. The average Bonchev–Trinajstić information content (AvgIpc) is 2.53. The predicted molar refractivity (Wildman–Crippen MR) is 49.7 cm³/mol. The van der Waals surface area contributed by atoms with Crippen molar-refractivity contribution in [3.05, 3.63) is 12.3 Å². The Morgan fingerprint density at radius 1 is 1.38 bits per heavy atom. The second-order valence-electron chi connectivity index (χ2n) is 3.34. The molecule has 2 rings (SSSR count). The Morgan fingerprint density at radius 3 is 2.62 bits per heavy atom. The van der Waals surface area contributed by atoms with E-state index in [1.54, 1.807) is 6.20 Å². The predicted octanol–water partition coefficient (Wildman–Crippen LogP) is 0.589. The van der Waals surface area contributed by atoms with Crippen LogP contribution >= 0.6 is 0 Å². The fourth-order valence-electron chi connectivity index (χ4n) is 1.66. The SMILES string of the molecule is Cn1nccc1N1CCC(=O)CC1. The summed E-state index contributed by atoms with van der Waals surface area (Å²) in [6.45, 7) is 1.66. The van der Waals surface area contributed by atoms with E-state index in [4.69, 9.17) is 0 Å². The molecular formula is C9H13N3O. The van der Waals surface area contributed by atoms with Gasteiger partial charge in [0, 0.05) is 39.0 Å². The van der Waals surface area contributed by atoms with E-state index in [2.05, 4.69) is 10.00 Å². The van der Waals surface area contributed by atoms with E-state index in [9.17, 15) is 4.79 Å². The fourth-order valence-corrected chi connectivity index (χ4v) is 1.66. The minimum absolute atomic E-state index is 0.374. The zero-order valence-electron chi connectivity index (χ0n) is 7.73. The lowest BCUT2D eigenvalue weighted by Crippen LogP contribution is -2.34. The molecule has 1 aromatic heterocycles. The zero-order valence-corrected chi connectivity index (χ0v) is 7.73. The number of carbonyl (C=O) groups excluding carboxylic acids is 1. The van der Waals surface area contributed by atoms with Crippen LogP contribution in [-0.2, 0) is 11.8 Å². The molecule has 1 aliphatic heterocycles. The number of aryl methyl sites for hydroxylation is 1. The van der Waals surface area contributed by atoms with Crippen molar-refractivity contribution in [2.24, 2.45) is 7.05 Å². The molecule has 0 bridgehead atoms. The normalized spacial score (nSPS) is 17.9. The minimum atomic E-state index is 0.374. The number of piperidine rings is 1. The largest absolute Gasteiger partial charge is 0.356 e. The van der Waals surface area contributed by atoms with E-state index in [0.29, 0.717) is 18.6 Å². The van der Waals surface area contributed by atoms with Gasteiger partial charge in [-0.05, 0) is 0 Å². The van der Waals surface area contributed by atoms with Crippen LogP contribution in [0.1, 0.15) is 12.8 Å². The summed E-state index contributed by atoms with van der Waals surface area (Å²) >= 11 is 0. The zero-order chi connectivity index (χ0) is 9.26. The van der Waals surface area contributed by atoms with E-state index in [-0.39, 0.29) is 0 Å². The molecule has 1 fully saturated rings. The van der Waals surface area contributed by atoms with E-state index in [0.717, 1.165) is 18.9 Å². The van der Waals surface area contributed by atoms with Crippen LogP contribution in [0.5, 0.6) is 0 Å². The first-order valence-electron chi connectivity index (χ1n) is 4.52. The van der Waals surface area contributed by atoms with Gasteiger partial charge in [-0.2, -0.15) is 5.10 Å². The van der Waals surface area contributed by atoms with Gasteiger partial charge in [-0.15, -0.1) is 0 Å². The topological polar surface area (TPSA) is 38.1 Å². The molecule has 4 nitrogen and oxygen atoms in total. The number of anilines is 1. The Hall–Kier alpha value is -1.32. The van der Waals surface area contributed by atoms with E-state index in [1.165, 1.54) is 0 Å². The standard InChI is InChI=1S/C9H13N3O/c1-11-9(2-5-10-11)12-6-3-8(13)4-7-12/h2,5H,3-4,6-7H2,1H3. The first kappa shape index (κ1) is 8.29. The number of Topliss-reactive ketones (excluding diaryl/α,β-unsaturated/α-hetero) is 1. The molecule has 0 saturated carbocycles. The van der Waals surface area contributed by atoms with Gasteiger partial charge >= 0.3 is 0 Å². The number of ketones is 1. The van der Waals surface area contributed by atoms with Crippen molar-refractivity contribution in [1.82, 2.24) is 9.78 Å². The van der Waals surface area contributed by atoms with Gasteiger partial charge in [0.2, 0.25) is 0 Å². The van der Waals surface area contributed by atoms with Gasteiger partial charge in [0.1, 0.15) is 11.6 Å². The summed E-state index contributed by atoms with van der Waals surface area (Å²) in [5.41, 5.74) is 0. The van der Waals surface area contributed by atoms with Crippen LogP contribution in [0.3, 0.4) is 0 Å². The third-order valence-electron chi connectivity index (χ3n) is 2.44. The van der Waals surface area contributed by atoms with Crippen molar-refractivity contribution in [3.8, 4) is 0 Å². The number of aromatic nitrogens is 2. The van der Waals surface area contributed by atoms with Gasteiger partial charge in [-0.3, -0.25) is 9.48 Å². The highest BCUT2D eigenvalue weighted by atomic mass is 16.1. The van der Waals surface area contributed by atoms with Crippen molar-refractivity contribution in [1.29, 1.82) is 0 Å². The molecule has 1 aromatic rings. The summed E-state index contributed by atoms with van der Waals surface area (Å²) in [5.74, 6) is 1.48. The molecule has 2 heterocycles. The third-order valence-corrected chi connectivity index (χ3v) is 2.44. The highest BCUT2D eigenvalue weighted by Gasteiger charge is 2.17. The number of hydrogen-bond donors (Lipinski definition) is 0. The quantitative estimate of drug-likeness (QED) is 0.633. The number of nitrogens with zero attached hydrogens (tertiary/aromatic N) is 3. The Morgan fingerprint density at radius 2 is 2.08 bits per heavy atom. The molecule has 0 N–H and O–H groups in total. The van der Waals surface area contributed by atoms with Crippen LogP contribution in [0.25, 0.3) is 0 Å². The molecule has 0 aliphatic carbocycles. The van der Waals surface area contributed by atoms with Crippen molar-refractivity contribution < 1.29 is 4.79 Å². The highest BCUT2D eigenvalue weighted by molar-refractivity contribution is 5.80. The Bertz CT molecular complexity index is 308. The molecule has 0 aromatic carbocycles. The molecule has 13 heavy (non-hydrogen) atoms. The molecule has 0 amide bonds. The van der Waals surface area contributed by atoms with Crippen LogP contribution in [0.15, 0.2) is 12.3 Å². The summed E-state index contributed by atoms with van der Waals surface area (Å²) < 4.78 is 1.84. The van der Waals surface area contributed by atoms with E-state index in [1.807, 2.05) is 17.8 Å². The van der Waals surface area contributed by atoms with Crippen molar-refractivity contribution >= 4 is 11.6 Å². The molecule has 1 aliphatic rings. The fraction of sp³-hybridized carbons (Fsp3) is 0.556. The Kier molecular flexibility index (Phi) is 2.04. The minimum Gasteiger partial charge on any atom is -0.356 e. The highest BCUT2D eigenvalue weighted by Crippen LogP contribution is 2.16. The van der Waals surface area contributed by atoms with Crippen LogP contribution in [-0.4, -0.2) is 28.7 Å². The summed E-state index contributed by atoms with van der Waals surface area (Å²) in [7, 11) is 1.92. The molecule has 0 unspecified atom stereocenters. The van der Waals surface area contributed by atoms with Crippen molar-refractivity contribution in [2.75, 3.05) is 18.0 Å². The van der Waals surface area contributed by atoms with Crippen molar-refractivity contribution in [3.63, 3.8) is 0 Å². The lowest BCUT2D eigenvalue weighted by Gasteiger charge is -2.27. The summed E-state index contributed by atoms with van der Waals surface area (Å²) in [5, 5.41) is 4.10. The van der Waals surface area contributed by atoms with Gasteiger partial charge in [-0.25, -0.2) is 0 Å². The van der Waals surface area contributed by atoms with E-state index < -0.39 is 0 Å². The lowest BCUT2D eigenvalue weighted by atomic mass is 10.1. The molecule has 1 saturated heterocycles. The molecule has 0 radical (unpaired) electrons. The van der Waals surface area contributed by atoms with Crippen LogP contribution in [0.4, 0.5) is 5.82 Å². The second kappa shape index (κ2) is 3.20. The van der Waals surface area contributed by atoms with Gasteiger partial charge in [0.15, 0.2) is 0 Å². The second-order valence-corrected chi connectivity index (χ2v) is 3.34. The van der Waals surface area contributed by atoms with Crippen LogP contribution in [0.2, 0.25) is 0 Å². The van der Waals surface area contributed by atoms with Gasteiger partial charge in [0.25, 0.3) is 0 Å². The van der Waals surface area contributed by atoms with E-state index >= 15 is 0 Å². The first-order chi connectivity index (χ1) is 6.27. The van der Waals surface area contributed by atoms with Gasteiger partial charge in [0.05, 0.1) is 6.20 Å². The lowest BCUT2D eigenvalue weighted by molar-refractivity contribution is -0.119. The number of hydrogen-bond acceptors (Lipinski definition) is 3. The average molecular weight is 179 g/mol.